The van der Waals surface area contributed by atoms with Crippen LogP contribution in [-0.2, 0) is 4.74 Å². The summed E-state index contributed by atoms with van der Waals surface area (Å²) in [7, 11) is 0. The predicted octanol–water partition coefficient (Wildman–Crippen LogP) is 3.83. The van der Waals surface area contributed by atoms with Gasteiger partial charge in [0.15, 0.2) is 0 Å². The molecule has 0 atom stereocenters. The minimum atomic E-state index is 0.622. The predicted molar refractivity (Wildman–Crippen MR) is 69.1 cm³/mol. The van der Waals surface area contributed by atoms with Gasteiger partial charge in [0, 0.05) is 6.61 Å². The molecule has 0 aromatic heterocycles. The number of rotatable bonds is 5. The molecule has 0 aliphatic rings. The lowest BCUT2D eigenvalue weighted by atomic mass is 10.2. The number of hydrogen-bond acceptors (Lipinski definition) is 2. The molecular weight excluding hydrogens is 200 g/mol. The van der Waals surface area contributed by atoms with Crippen molar-refractivity contribution in [3.8, 4) is 5.75 Å². The lowest BCUT2D eigenvalue weighted by Gasteiger charge is -2.05. The minimum Gasteiger partial charge on any atom is -0.491 e. The van der Waals surface area contributed by atoms with Gasteiger partial charge < -0.3 is 9.47 Å². The maximum absolute atomic E-state index is 5.44. The van der Waals surface area contributed by atoms with Gasteiger partial charge in [-0.15, -0.1) is 0 Å². The molecule has 1 rings (SSSR count). The topological polar surface area (TPSA) is 18.5 Å². The Labute approximate surface area is 99.6 Å². The fourth-order valence-electron chi connectivity index (χ4n) is 0.997. The first-order valence-electron chi connectivity index (χ1n) is 6.01. The van der Waals surface area contributed by atoms with Crippen LogP contribution < -0.4 is 4.74 Å². The third-order valence-corrected chi connectivity index (χ3v) is 1.72. The van der Waals surface area contributed by atoms with E-state index < -0.39 is 0 Å². The first-order valence-corrected chi connectivity index (χ1v) is 6.01. The zero-order valence-corrected chi connectivity index (χ0v) is 11.0. The Balaban J connectivity index is 0.000000673. The molecule has 0 radical (unpaired) electrons. The van der Waals surface area contributed by atoms with Crippen molar-refractivity contribution < 1.29 is 9.47 Å². The Morgan fingerprint density at radius 3 is 2.00 bits per heavy atom. The maximum atomic E-state index is 5.44. The highest BCUT2D eigenvalue weighted by molar-refractivity contribution is 5.26. The van der Waals surface area contributed by atoms with Gasteiger partial charge in [-0.2, -0.15) is 0 Å². The monoisotopic (exact) mass is 224 g/mol. The second kappa shape index (κ2) is 10.5. The molecule has 0 N–H and O–H groups in total. The molecule has 2 nitrogen and oxygen atoms in total. The molecule has 92 valence electrons. The van der Waals surface area contributed by atoms with E-state index in [1.807, 2.05) is 31.2 Å². The van der Waals surface area contributed by atoms with Crippen molar-refractivity contribution in [3.05, 3.63) is 29.8 Å². The highest BCUT2D eigenvalue weighted by Gasteiger charge is 1.91. The van der Waals surface area contributed by atoms with E-state index in [1.54, 1.807) is 0 Å². The van der Waals surface area contributed by atoms with E-state index in [9.17, 15) is 0 Å². The molecule has 1 aromatic rings. The second-order valence-corrected chi connectivity index (χ2v) is 3.57. The van der Waals surface area contributed by atoms with E-state index in [0.717, 1.165) is 12.4 Å². The van der Waals surface area contributed by atoms with Crippen molar-refractivity contribution in [2.24, 2.45) is 0 Å². The molecule has 0 aliphatic heterocycles. The lowest BCUT2D eigenvalue weighted by molar-refractivity contribution is 0.110. The normalized spacial score (nSPS) is 9.25. The molecule has 0 unspecified atom stereocenters. The fraction of sp³-hybridized carbons (Fsp3) is 0.571. The number of aryl methyl sites for hydroxylation is 1. The van der Waals surface area contributed by atoms with E-state index in [4.69, 9.17) is 9.47 Å². The second-order valence-electron chi connectivity index (χ2n) is 3.57. The summed E-state index contributed by atoms with van der Waals surface area (Å²) >= 11 is 0. The third kappa shape index (κ3) is 8.30. The van der Waals surface area contributed by atoms with Crippen molar-refractivity contribution in [2.45, 2.75) is 34.1 Å². The van der Waals surface area contributed by atoms with Gasteiger partial charge in [0.1, 0.15) is 12.4 Å². The van der Waals surface area contributed by atoms with Crippen LogP contribution in [0, 0.1) is 6.92 Å². The molecule has 1 aromatic carbocycles. The van der Waals surface area contributed by atoms with Crippen LogP contribution in [0.25, 0.3) is 0 Å². The SMILES string of the molecule is CCC.CCOCCOc1ccc(C)cc1. The first kappa shape index (κ1) is 15.0. The Kier molecular flexibility index (Phi) is 9.83. The van der Waals surface area contributed by atoms with Gasteiger partial charge in [-0.3, -0.25) is 0 Å². The van der Waals surface area contributed by atoms with Crippen molar-refractivity contribution in [1.82, 2.24) is 0 Å². The average molecular weight is 224 g/mol. The van der Waals surface area contributed by atoms with Crippen molar-refractivity contribution >= 4 is 0 Å². The van der Waals surface area contributed by atoms with E-state index >= 15 is 0 Å². The summed E-state index contributed by atoms with van der Waals surface area (Å²) in [5, 5.41) is 0. The quantitative estimate of drug-likeness (QED) is 0.708. The van der Waals surface area contributed by atoms with Crippen LogP contribution in [0.4, 0.5) is 0 Å². The molecule has 16 heavy (non-hydrogen) atoms. The summed E-state index contributed by atoms with van der Waals surface area (Å²) in [6.07, 6.45) is 1.25. The van der Waals surface area contributed by atoms with E-state index in [1.165, 1.54) is 12.0 Å². The average Bonchev–Trinajstić information content (AvgIpc) is 2.28. The van der Waals surface area contributed by atoms with Crippen molar-refractivity contribution in [1.29, 1.82) is 0 Å². The van der Waals surface area contributed by atoms with Gasteiger partial charge >= 0.3 is 0 Å². The summed E-state index contributed by atoms with van der Waals surface area (Å²) in [5.74, 6) is 0.908. The van der Waals surface area contributed by atoms with Gasteiger partial charge in [-0.25, -0.2) is 0 Å². The molecule has 0 saturated carbocycles. The van der Waals surface area contributed by atoms with Crippen LogP contribution in [0.2, 0.25) is 0 Å². The smallest absolute Gasteiger partial charge is 0.119 e. The Hall–Kier alpha value is -1.02. The Morgan fingerprint density at radius 1 is 0.938 bits per heavy atom. The van der Waals surface area contributed by atoms with Gasteiger partial charge in [-0.1, -0.05) is 38.0 Å². The zero-order valence-electron chi connectivity index (χ0n) is 11.0. The summed E-state index contributed by atoms with van der Waals surface area (Å²) < 4.78 is 10.6. The van der Waals surface area contributed by atoms with Crippen LogP contribution >= 0.6 is 0 Å². The van der Waals surface area contributed by atoms with Gasteiger partial charge in [0.05, 0.1) is 6.61 Å². The highest BCUT2D eigenvalue weighted by atomic mass is 16.5. The third-order valence-electron chi connectivity index (χ3n) is 1.72. The minimum absolute atomic E-state index is 0.622. The van der Waals surface area contributed by atoms with Crippen LogP contribution in [0.3, 0.4) is 0 Å². The van der Waals surface area contributed by atoms with Gasteiger partial charge in [0.25, 0.3) is 0 Å². The first-order chi connectivity index (χ1) is 7.74. The summed E-state index contributed by atoms with van der Waals surface area (Å²) in [4.78, 5) is 0. The summed E-state index contributed by atoms with van der Waals surface area (Å²) in [5.41, 5.74) is 1.25. The van der Waals surface area contributed by atoms with Crippen LogP contribution in [0.15, 0.2) is 24.3 Å². The molecule has 0 spiro atoms. The summed E-state index contributed by atoms with van der Waals surface area (Å²) in [6, 6.07) is 8.02. The van der Waals surface area contributed by atoms with Crippen molar-refractivity contribution in [3.63, 3.8) is 0 Å². The van der Waals surface area contributed by atoms with Gasteiger partial charge in [0.2, 0.25) is 0 Å². The van der Waals surface area contributed by atoms with E-state index in [-0.39, 0.29) is 0 Å². The van der Waals surface area contributed by atoms with Crippen molar-refractivity contribution in [2.75, 3.05) is 19.8 Å². The standard InChI is InChI=1S/C11H16O2.C3H8/c1-3-12-8-9-13-11-6-4-10(2)5-7-11;1-3-2/h4-7H,3,8-9H2,1-2H3;3H2,1-2H3. The molecule has 2 heteroatoms. The van der Waals surface area contributed by atoms with Crippen LogP contribution in [0.1, 0.15) is 32.8 Å². The fourth-order valence-corrected chi connectivity index (χ4v) is 0.997. The number of benzene rings is 1. The highest BCUT2D eigenvalue weighted by Crippen LogP contribution is 2.10. The van der Waals surface area contributed by atoms with E-state index in [2.05, 4.69) is 20.8 Å². The van der Waals surface area contributed by atoms with Crippen LogP contribution in [0.5, 0.6) is 5.75 Å². The molecule has 0 saturated heterocycles. The molecular formula is C14H24O2. The maximum Gasteiger partial charge on any atom is 0.119 e. The zero-order chi connectivity index (χ0) is 12.2. The number of hydrogen-bond donors (Lipinski definition) is 0. The lowest BCUT2D eigenvalue weighted by Crippen LogP contribution is -2.06. The van der Waals surface area contributed by atoms with Gasteiger partial charge in [-0.05, 0) is 26.0 Å². The Morgan fingerprint density at radius 2 is 1.50 bits per heavy atom. The summed E-state index contributed by atoms with van der Waals surface area (Å²) in [6.45, 7) is 10.3. The van der Waals surface area contributed by atoms with Crippen LogP contribution in [-0.4, -0.2) is 19.8 Å². The molecule has 0 amide bonds. The molecule has 0 heterocycles. The Bertz CT molecular complexity index is 241. The van der Waals surface area contributed by atoms with E-state index in [0.29, 0.717) is 13.2 Å². The molecule has 0 bridgehead atoms. The molecule has 0 aliphatic carbocycles. The largest absolute Gasteiger partial charge is 0.491 e. The molecule has 0 fully saturated rings. The number of ether oxygens (including phenoxy) is 2.